The third-order valence-corrected chi connectivity index (χ3v) is 3.62. The number of carboxylic acid groups (broad SMARTS) is 1. The molecule has 134 valence electrons. The number of azo groups is 1. The number of ether oxygens (including phenoxy) is 2. The number of carbonyl (C=O) groups is 3. The van der Waals surface area contributed by atoms with Gasteiger partial charge in [-0.3, -0.25) is 4.79 Å². The molecule has 0 bridgehead atoms. The second-order valence-electron chi connectivity index (χ2n) is 4.86. The van der Waals surface area contributed by atoms with Crippen LogP contribution in [0.25, 0.3) is 0 Å². The van der Waals surface area contributed by atoms with Crippen molar-refractivity contribution in [2.75, 3.05) is 13.7 Å². The van der Waals surface area contributed by atoms with Gasteiger partial charge in [-0.2, -0.15) is 0 Å². The maximum absolute atomic E-state index is 12.1. The molecule has 0 saturated carbocycles. The van der Waals surface area contributed by atoms with Crippen LogP contribution in [0.5, 0.6) is 5.75 Å². The van der Waals surface area contributed by atoms with Crippen molar-refractivity contribution < 1.29 is 29.0 Å². The molecule has 0 spiro atoms. The standard InChI is InChI=1S/C17H13BrN2O6/c1-25-15(21)9-26-12-5-2-10(3-6-12)16(22)20-19-14-7-4-11(18)8-13(14)17(23)24/h2-8H,9H2,1H3,(H,23,24)/b20-19+. The zero-order valence-corrected chi connectivity index (χ0v) is 15.1. The molecule has 0 aliphatic heterocycles. The van der Waals surface area contributed by atoms with Gasteiger partial charge < -0.3 is 14.6 Å². The minimum Gasteiger partial charge on any atom is -0.482 e. The fraction of sp³-hybridized carbons (Fsp3) is 0.118. The number of halogens is 1. The summed E-state index contributed by atoms with van der Waals surface area (Å²) in [5.41, 5.74) is 0.211. The fourth-order valence-electron chi connectivity index (χ4n) is 1.82. The van der Waals surface area contributed by atoms with Crippen molar-refractivity contribution in [3.63, 3.8) is 0 Å². The lowest BCUT2D eigenvalue weighted by molar-refractivity contribution is -0.142. The number of benzene rings is 2. The molecule has 2 rings (SSSR count). The molecule has 1 N–H and O–H groups in total. The van der Waals surface area contributed by atoms with Gasteiger partial charge >= 0.3 is 11.9 Å². The number of nitrogens with zero attached hydrogens (tertiary/aromatic N) is 2. The zero-order chi connectivity index (χ0) is 19.1. The van der Waals surface area contributed by atoms with Crippen molar-refractivity contribution in [2.45, 2.75) is 0 Å². The molecule has 0 unspecified atom stereocenters. The van der Waals surface area contributed by atoms with E-state index in [-0.39, 0.29) is 23.4 Å². The number of esters is 1. The Hall–Kier alpha value is -3.07. The predicted molar refractivity (Wildman–Crippen MR) is 93.9 cm³/mol. The predicted octanol–water partition coefficient (Wildman–Crippen LogP) is 3.62. The molecule has 0 fully saturated rings. The van der Waals surface area contributed by atoms with Crippen molar-refractivity contribution in [2.24, 2.45) is 10.2 Å². The summed E-state index contributed by atoms with van der Waals surface area (Å²) in [6.45, 7) is -0.245. The lowest BCUT2D eigenvalue weighted by atomic mass is 10.2. The molecule has 0 radical (unpaired) electrons. The van der Waals surface area contributed by atoms with Crippen LogP contribution in [0, 0.1) is 0 Å². The molecule has 1 amide bonds. The molecule has 0 aromatic heterocycles. The van der Waals surface area contributed by atoms with Gasteiger partial charge in [-0.15, -0.1) is 10.2 Å². The molecule has 2 aromatic carbocycles. The fourth-order valence-corrected chi connectivity index (χ4v) is 2.18. The molecule has 0 aliphatic carbocycles. The van der Waals surface area contributed by atoms with E-state index in [0.717, 1.165) is 0 Å². The number of amides is 1. The van der Waals surface area contributed by atoms with E-state index in [9.17, 15) is 14.4 Å². The minimum absolute atomic E-state index is 0.0621. The van der Waals surface area contributed by atoms with E-state index < -0.39 is 17.8 Å². The summed E-state index contributed by atoms with van der Waals surface area (Å²) in [4.78, 5) is 34.3. The summed E-state index contributed by atoms with van der Waals surface area (Å²) in [6, 6.07) is 10.3. The Morgan fingerprint density at radius 2 is 1.81 bits per heavy atom. The summed E-state index contributed by atoms with van der Waals surface area (Å²) >= 11 is 3.17. The van der Waals surface area contributed by atoms with E-state index >= 15 is 0 Å². The first-order valence-electron chi connectivity index (χ1n) is 7.19. The Labute approximate surface area is 156 Å². The van der Waals surface area contributed by atoms with Gasteiger partial charge in [-0.1, -0.05) is 15.9 Å². The number of carbonyl (C=O) groups excluding carboxylic acids is 2. The molecule has 8 nitrogen and oxygen atoms in total. The van der Waals surface area contributed by atoms with Crippen molar-refractivity contribution in [3.05, 3.63) is 58.1 Å². The van der Waals surface area contributed by atoms with Crippen molar-refractivity contribution >= 4 is 39.5 Å². The first-order chi connectivity index (χ1) is 12.4. The number of carboxylic acids is 1. The molecule has 0 atom stereocenters. The third-order valence-electron chi connectivity index (χ3n) is 3.12. The van der Waals surface area contributed by atoms with Gasteiger partial charge in [0, 0.05) is 10.0 Å². The largest absolute Gasteiger partial charge is 0.482 e. The molecule has 2 aromatic rings. The first kappa shape index (κ1) is 19.3. The van der Waals surface area contributed by atoms with E-state index in [1.807, 2.05) is 0 Å². The third kappa shape index (κ3) is 5.21. The topological polar surface area (TPSA) is 115 Å². The summed E-state index contributed by atoms with van der Waals surface area (Å²) in [7, 11) is 1.25. The average molecular weight is 421 g/mol. The number of methoxy groups -OCH3 is 1. The van der Waals surface area contributed by atoms with Gasteiger partial charge in [0.25, 0.3) is 5.91 Å². The Balaban J connectivity index is 2.09. The number of hydrogen-bond donors (Lipinski definition) is 1. The highest BCUT2D eigenvalue weighted by Crippen LogP contribution is 2.24. The molecular formula is C17H13BrN2O6. The second-order valence-corrected chi connectivity index (χ2v) is 5.78. The van der Waals surface area contributed by atoms with E-state index in [0.29, 0.717) is 10.2 Å². The highest BCUT2D eigenvalue weighted by atomic mass is 79.9. The van der Waals surface area contributed by atoms with Crippen molar-refractivity contribution in [3.8, 4) is 5.75 Å². The number of aromatic carboxylic acids is 1. The first-order valence-corrected chi connectivity index (χ1v) is 7.98. The van der Waals surface area contributed by atoms with Crippen LogP contribution < -0.4 is 4.74 Å². The second kappa shape index (κ2) is 8.86. The van der Waals surface area contributed by atoms with Crippen LogP contribution in [0.2, 0.25) is 0 Å². The summed E-state index contributed by atoms with van der Waals surface area (Å²) < 4.78 is 10.2. The average Bonchev–Trinajstić information content (AvgIpc) is 2.65. The van der Waals surface area contributed by atoms with Crippen LogP contribution in [0.4, 0.5) is 5.69 Å². The number of hydrogen-bond acceptors (Lipinski definition) is 6. The van der Waals surface area contributed by atoms with Crippen molar-refractivity contribution in [1.29, 1.82) is 0 Å². The lowest BCUT2D eigenvalue weighted by Gasteiger charge is -2.04. The quantitative estimate of drug-likeness (QED) is 0.563. The normalized spacial score (nSPS) is 10.5. The van der Waals surface area contributed by atoms with Gasteiger partial charge in [-0.25, -0.2) is 9.59 Å². The van der Waals surface area contributed by atoms with Crippen LogP contribution in [0.3, 0.4) is 0 Å². The Morgan fingerprint density at radius 1 is 1.12 bits per heavy atom. The van der Waals surface area contributed by atoms with Gasteiger partial charge in [0.2, 0.25) is 0 Å². The van der Waals surface area contributed by atoms with Crippen LogP contribution in [0.15, 0.2) is 57.2 Å². The molecule has 0 heterocycles. The minimum atomic E-state index is -1.18. The van der Waals surface area contributed by atoms with E-state index in [2.05, 4.69) is 30.9 Å². The van der Waals surface area contributed by atoms with Crippen molar-refractivity contribution in [1.82, 2.24) is 0 Å². The molecule has 26 heavy (non-hydrogen) atoms. The van der Waals surface area contributed by atoms with Crippen LogP contribution in [0.1, 0.15) is 20.7 Å². The highest BCUT2D eigenvalue weighted by Gasteiger charge is 2.11. The van der Waals surface area contributed by atoms with Crippen LogP contribution in [-0.4, -0.2) is 36.7 Å². The molecular weight excluding hydrogens is 408 g/mol. The smallest absolute Gasteiger partial charge is 0.343 e. The Kier molecular flexibility index (Phi) is 6.56. The number of rotatable bonds is 6. The zero-order valence-electron chi connectivity index (χ0n) is 13.5. The summed E-state index contributed by atoms with van der Waals surface area (Å²) in [5.74, 6) is -1.98. The summed E-state index contributed by atoms with van der Waals surface area (Å²) in [5, 5.41) is 16.4. The van der Waals surface area contributed by atoms with Crippen LogP contribution in [-0.2, 0) is 9.53 Å². The monoisotopic (exact) mass is 420 g/mol. The van der Waals surface area contributed by atoms with Gasteiger partial charge in [0.05, 0.1) is 12.7 Å². The Morgan fingerprint density at radius 3 is 2.42 bits per heavy atom. The Bertz CT molecular complexity index is 864. The van der Waals surface area contributed by atoms with E-state index in [1.165, 1.54) is 43.5 Å². The highest BCUT2D eigenvalue weighted by molar-refractivity contribution is 9.10. The molecule has 0 saturated heterocycles. The molecule has 9 heteroatoms. The van der Waals surface area contributed by atoms with Gasteiger partial charge in [-0.05, 0) is 42.5 Å². The maximum Gasteiger partial charge on any atom is 0.343 e. The summed E-state index contributed by atoms with van der Waals surface area (Å²) in [6.07, 6.45) is 0. The maximum atomic E-state index is 12.1. The van der Waals surface area contributed by atoms with Crippen LogP contribution >= 0.6 is 15.9 Å². The molecule has 0 aliphatic rings. The SMILES string of the molecule is COC(=O)COc1ccc(C(=O)/N=N/c2ccc(Br)cc2C(=O)O)cc1. The van der Waals surface area contributed by atoms with Gasteiger partial charge in [0.15, 0.2) is 6.61 Å². The van der Waals surface area contributed by atoms with E-state index in [4.69, 9.17) is 9.84 Å². The van der Waals surface area contributed by atoms with E-state index in [1.54, 1.807) is 6.07 Å². The lowest BCUT2D eigenvalue weighted by Crippen LogP contribution is -2.12. The van der Waals surface area contributed by atoms with Gasteiger partial charge in [0.1, 0.15) is 11.4 Å².